The van der Waals surface area contributed by atoms with E-state index in [1.54, 1.807) is 12.1 Å². The molecule has 2 heterocycles. The van der Waals surface area contributed by atoms with Crippen LogP contribution in [0, 0.1) is 11.6 Å². The summed E-state index contributed by atoms with van der Waals surface area (Å²) in [5, 5.41) is 3.04. The fraction of sp³-hybridized carbons (Fsp3) is 0.379. The smallest absolute Gasteiger partial charge is 0.322 e. The SMILES string of the molecule is CCCCN(C(=O)NC1CCN(Cc2ccc(Oc3ccc(NS(C)(=O)=O)cn3)cc2)CC1)c1ccc(F)cc1F. The third kappa shape index (κ3) is 9.12. The van der Waals surface area contributed by atoms with Crippen molar-refractivity contribution >= 4 is 27.4 Å². The molecule has 1 aliphatic rings. The molecule has 4 rings (SSSR count). The van der Waals surface area contributed by atoms with Gasteiger partial charge in [-0.1, -0.05) is 25.5 Å². The van der Waals surface area contributed by atoms with Gasteiger partial charge in [0, 0.05) is 44.4 Å². The first-order valence-corrected chi connectivity index (χ1v) is 15.4. The van der Waals surface area contributed by atoms with Crippen LogP contribution in [0.3, 0.4) is 0 Å². The van der Waals surface area contributed by atoms with E-state index in [4.69, 9.17) is 4.74 Å². The van der Waals surface area contributed by atoms with Crippen LogP contribution in [0.4, 0.5) is 25.0 Å². The Hall–Kier alpha value is -3.77. The molecule has 0 bridgehead atoms. The van der Waals surface area contributed by atoms with Gasteiger partial charge in [-0.3, -0.25) is 14.5 Å². The Morgan fingerprint density at radius 2 is 1.83 bits per heavy atom. The van der Waals surface area contributed by atoms with Gasteiger partial charge in [-0.15, -0.1) is 0 Å². The molecule has 2 N–H and O–H groups in total. The van der Waals surface area contributed by atoms with Crippen LogP contribution in [0.15, 0.2) is 60.8 Å². The third-order valence-corrected chi connectivity index (χ3v) is 7.29. The van der Waals surface area contributed by atoms with Gasteiger partial charge >= 0.3 is 6.03 Å². The van der Waals surface area contributed by atoms with Crippen molar-refractivity contribution in [3.63, 3.8) is 0 Å². The van der Waals surface area contributed by atoms with Crippen LogP contribution in [0.2, 0.25) is 0 Å². The molecule has 3 aromatic rings. The molecule has 1 fully saturated rings. The predicted molar refractivity (Wildman–Crippen MR) is 155 cm³/mol. The molecule has 0 saturated carbocycles. The lowest BCUT2D eigenvalue weighted by Gasteiger charge is -2.34. The molecule has 0 radical (unpaired) electrons. The first kappa shape index (κ1) is 30.2. The number of amides is 2. The Labute approximate surface area is 239 Å². The summed E-state index contributed by atoms with van der Waals surface area (Å²) in [6.45, 7) is 4.67. The van der Waals surface area contributed by atoms with Crippen LogP contribution in [-0.4, -0.2) is 56.3 Å². The molecule has 1 saturated heterocycles. The van der Waals surface area contributed by atoms with E-state index in [-0.39, 0.29) is 17.8 Å². The maximum Gasteiger partial charge on any atom is 0.322 e. The number of carbonyl (C=O) groups excluding carboxylic acids is 1. The van der Waals surface area contributed by atoms with Gasteiger partial charge in [-0.25, -0.2) is 27.0 Å². The highest BCUT2D eigenvalue weighted by molar-refractivity contribution is 7.92. The summed E-state index contributed by atoms with van der Waals surface area (Å²) in [6.07, 6.45) is 5.53. The number of piperidine rings is 1. The van der Waals surface area contributed by atoms with E-state index in [1.165, 1.54) is 17.2 Å². The maximum atomic E-state index is 14.4. The van der Waals surface area contributed by atoms with Crippen molar-refractivity contribution in [2.45, 2.75) is 45.2 Å². The van der Waals surface area contributed by atoms with Crippen LogP contribution < -0.4 is 19.7 Å². The molecule has 2 amide bonds. The molecule has 41 heavy (non-hydrogen) atoms. The molecular weight excluding hydrogens is 552 g/mol. The van der Waals surface area contributed by atoms with Crippen molar-refractivity contribution in [2.24, 2.45) is 0 Å². The summed E-state index contributed by atoms with van der Waals surface area (Å²) in [5.41, 5.74) is 1.55. The molecule has 1 aliphatic heterocycles. The number of pyridine rings is 1. The number of hydrogen-bond acceptors (Lipinski definition) is 6. The molecule has 0 aliphatic carbocycles. The molecule has 0 atom stereocenters. The highest BCUT2D eigenvalue weighted by Crippen LogP contribution is 2.24. The van der Waals surface area contributed by atoms with Crippen molar-refractivity contribution in [1.29, 1.82) is 0 Å². The highest BCUT2D eigenvalue weighted by Gasteiger charge is 2.25. The van der Waals surface area contributed by atoms with Gasteiger partial charge in [-0.2, -0.15) is 0 Å². The Kier molecular flexibility index (Phi) is 10.1. The minimum Gasteiger partial charge on any atom is -0.439 e. The number of carbonyl (C=O) groups is 1. The number of rotatable bonds is 11. The minimum atomic E-state index is -3.37. The molecule has 0 unspecified atom stereocenters. The lowest BCUT2D eigenvalue weighted by Crippen LogP contribution is -2.49. The van der Waals surface area contributed by atoms with Gasteiger partial charge in [0.25, 0.3) is 0 Å². The Morgan fingerprint density at radius 3 is 2.44 bits per heavy atom. The topological polar surface area (TPSA) is 104 Å². The van der Waals surface area contributed by atoms with Gasteiger partial charge in [0.2, 0.25) is 15.9 Å². The zero-order chi connectivity index (χ0) is 29.4. The summed E-state index contributed by atoms with van der Waals surface area (Å²) < 4.78 is 58.6. The largest absolute Gasteiger partial charge is 0.439 e. The lowest BCUT2D eigenvalue weighted by molar-refractivity contribution is 0.188. The molecular formula is C29H35F2N5O4S. The second-order valence-corrected chi connectivity index (χ2v) is 11.9. The first-order valence-electron chi connectivity index (χ1n) is 13.6. The number of halogens is 2. The number of aromatic nitrogens is 1. The van der Waals surface area contributed by atoms with Gasteiger partial charge in [0.1, 0.15) is 17.4 Å². The number of nitrogens with one attached hydrogen (secondary N) is 2. The van der Waals surface area contributed by atoms with E-state index in [1.807, 2.05) is 31.2 Å². The Morgan fingerprint density at radius 1 is 1.10 bits per heavy atom. The number of nitrogens with zero attached hydrogens (tertiary/aromatic N) is 3. The molecule has 2 aromatic carbocycles. The van der Waals surface area contributed by atoms with E-state index < -0.39 is 21.7 Å². The zero-order valence-corrected chi connectivity index (χ0v) is 24.0. The normalized spacial score (nSPS) is 14.4. The average Bonchev–Trinajstić information content (AvgIpc) is 2.92. The Bertz CT molecular complexity index is 1410. The van der Waals surface area contributed by atoms with Crippen LogP contribution in [-0.2, 0) is 16.6 Å². The van der Waals surface area contributed by atoms with Gasteiger partial charge in [-0.05, 0) is 55.2 Å². The first-order chi connectivity index (χ1) is 19.6. The van der Waals surface area contributed by atoms with Crippen LogP contribution >= 0.6 is 0 Å². The number of unbranched alkanes of at least 4 members (excludes halogenated alkanes) is 1. The molecule has 0 spiro atoms. The molecule has 12 heteroatoms. The van der Waals surface area contributed by atoms with Crippen molar-refractivity contribution in [1.82, 2.24) is 15.2 Å². The summed E-state index contributed by atoms with van der Waals surface area (Å²) in [4.78, 5) is 20.9. The second-order valence-electron chi connectivity index (χ2n) is 10.1. The van der Waals surface area contributed by atoms with Crippen molar-refractivity contribution in [3.05, 3.63) is 78.0 Å². The standard InChI is InChI=1S/C29H35F2N5O4S/c1-3-4-15-36(27-11-7-22(30)18-26(27)31)29(37)33-23-13-16-35(17-14-23)20-21-5-9-25(10-6-21)40-28-12-8-24(19-32-28)34-41(2,38)39/h5-12,18-19,23,34H,3-4,13-17,20H2,1-2H3,(H,33,37). The van der Waals surface area contributed by atoms with Gasteiger partial charge in [0.15, 0.2) is 0 Å². The van der Waals surface area contributed by atoms with E-state index in [9.17, 15) is 22.0 Å². The zero-order valence-electron chi connectivity index (χ0n) is 23.1. The monoisotopic (exact) mass is 587 g/mol. The number of anilines is 2. The van der Waals surface area contributed by atoms with Crippen molar-refractivity contribution in [2.75, 3.05) is 35.5 Å². The van der Waals surface area contributed by atoms with Crippen LogP contribution in [0.5, 0.6) is 11.6 Å². The van der Waals surface area contributed by atoms with Gasteiger partial charge in [0.05, 0.1) is 23.8 Å². The number of benzene rings is 2. The predicted octanol–water partition coefficient (Wildman–Crippen LogP) is 5.50. The number of ether oxygens (including phenoxy) is 1. The fourth-order valence-corrected chi connectivity index (χ4v) is 5.14. The van der Waals surface area contributed by atoms with Gasteiger partial charge < -0.3 is 10.1 Å². The highest BCUT2D eigenvalue weighted by atomic mass is 32.2. The molecule has 9 nitrogen and oxygen atoms in total. The number of urea groups is 1. The average molecular weight is 588 g/mol. The second kappa shape index (κ2) is 13.7. The lowest BCUT2D eigenvalue weighted by atomic mass is 10.0. The molecule has 1 aromatic heterocycles. The van der Waals surface area contributed by atoms with Crippen LogP contribution in [0.1, 0.15) is 38.2 Å². The molecule has 220 valence electrons. The minimum absolute atomic E-state index is 0.0336. The van der Waals surface area contributed by atoms with E-state index in [0.29, 0.717) is 30.3 Å². The summed E-state index contributed by atoms with van der Waals surface area (Å²) in [7, 11) is -3.37. The quantitative estimate of drug-likeness (QED) is 0.307. The summed E-state index contributed by atoms with van der Waals surface area (Å²) >= 11 is 0. The number of hydrogen-bond donors (Lipinski definition) is 2. The van der Waals surface area contributed by atoms with Crippen molar-refractivity contribution < 1.29 is 26.7 Å². The number of sulfonamides is 1. The third-order valence-electron chi connectivity index (χ3n) is 6.69. The van der Waals surface area contributed by atoms with Crippen LogP contribution in [0.25, 0.3) is 0 Å². The maximum absolute atomic E-state index is 14.4. The summed E-state index contributed by atoms with van der Waals surface area (Å²) in [5.74, 6) is -0.476. The van der Waals surface area contributed by atoms with Crippen molar-refractivity contribution in [3.8, 4) is 11.6 Å². The van der Waals surface area contributed by atoms with E-state index in [0.717, 1.165) is 62.8 Å². The number of likely N-dealkylation sites (tertiary alicyclic amines) is 1. The van der Waals surface area contributed by atoms with E-state index >= 15 is 0 Å². The fourth-order valence-electron chi connectivity index (χ4n) is 4.59. The Balaban J connectivity index is 1.25. The summed E-state index contributed by atoms with van der Waals surface area (Å²) in [6, 6.07) is 13.7. The van der Waals surface area contributed by atoms with E-state index in [2.05, 4.69) is 19.9 Å².